The van der Waals surface area contributed by atoms with Crippen LogP contribution < -0.4 is 4.74 Å². The lowest BCUT2D eigenvalue weighted by Gasteiger charge is -2.23. The van der Waals surface area contributed by atoms with Crippen LogP contribution in [0, 0.1) is 19.3 Å². The maximum atomic E-state index is 11.7. The molecule has 0 aliphatic carbocycles. The lowest BCUT2D eigenvalue weighted by atomic mass is 9.84. The van der Waals surface area contributed by atoms with Gasteiger partial charge in [-0.2, -0.15) is 0 Å². The number of rotatable bonds is 4. The normalized spacial score (nSPS) is 11.2. The zero-order valence-electron chi connectivity index (χ0n) is 12.1. The lowest BCUT2D eigenvalue weighted by molar-refractivity contribution is -0.150. The number of carbonyl (C=O) groups is 1. The molecule has 0 amide bonds. The molecule has 0 saturated carbocycles. The molecule has 0 N–H and O–H groups in total. The molecule has 1 rings (SSSR count). The van der Waals surface area contributed by atoms with Gasteiger partial charge in [0.1, 0.15) is 5.75 Å². The van der Waals surface area contributed by atoms with Gasteiger partial charge in [0.25, 0.3) is 0 Å². The van der Waals surface area contributed by atoms with Crippen molar-refractivity contribution in [2.45, 2.75) is 34.1 Å². The van der Waals surface area contributed by atoms with Gasteiger partial charge in [0.05, 0.1) is 19.6 Å². The van der Waals surface area contributed by atoms with Crippen molar-refractivity contribution in [2.75, 3.05) is 14.2 Å². The van der Waals surface area contributed by atoms with Gasteiger partial charge in [0, 0.05) is 0 Å². The van der Waals surface area contributed by atoms with E-state index in [9.17, 15) is 4.79 Å². The van der Waals surface area contributed by atoms with Crippen LogP contribution in [0.15, 0.2) is 12.1 Å². The molecule has 0 aliphatic rings. The fraction of sp³-hybridized carbons (Fsp3) is 0.533. The Morgan fingerprint density at radius 1 is 1.17 bits per heavy atom. The molecule has 0 bridgehead atoms. The highest BCUT2D eigenvalue weighted by molar-refractivity contribution is 5.76. The average molecular weight is 250 g/mol. The minimum Gasteiger partial charge on any atom is -0.496 e. The van der Waals surface area contributed by atoms with Gasteiger partial charge in [0.2, 0.25) is 0 Å². The molecule has 0 unspecified atom stereocenters. The van der Waals surface area contributed by atoms with Crippen molar-refractivity contribution in [3.63, 3.8) is 0 Å². The lowest BCUT2D eigenvalue weighted by Crippen LogP contribution is -2.28. The van der Waals surface area contributed by atoms with Crippen LogP contribution >= 0.6 is 0 Å². The quantitative estimate of drug-likeness (QED) is 0.770. The second-order valence-corrected chi connectivity index (χ2v) is 5.30. The van der Waals surface area contributed by atoms with Crippen LogP contribution in [0.4, 0.5) is 0 Å². The van der Waals surface area contributed by atoms with Gasteiger partial charge in [-0.25, -0.2) is 0 Å². The van der Waals surface area contributed by atoms with E-state index in [4.69, 9.17) is 9.47 Å². The van der Waals surface area contributed by atoms with Crippen LogP contribution in [0.5, 0.6) is 5.75 Å². The Morgan fingerprint density at radius 2 is 1.78 bits per heavy atom. The van der Waals surface area contributed by atoms with Gasteiger partial charge < -0.3 is 9.47 Å². The molecule has 18 heavy (non-hydrogen) atoms. The molecule has 1 aromatic carbocycles. The van der Waals surface area contributed by atoms with Crippen molar-refractivity contribution >= 4 is 5.97 Å². The SMILES string of the molecule is COC(=O)C(C)(C)Cc1cc(C)c(OC)cc1C. The second kappa shape index (κ2) is 5.42. The number of esters is 1. The Morgan fingerprint density at radius 3 is 2.28 bits per heavy atom. The van der Waals surface area contributed by atoms with Crippen LogP contribution in [0.2, 0.25) is 0 Å². The molecule has 3 heteroatoms. The summed E-state index contributed by atoms with van der Waals surface area (Å²) in [5.41, 5.74) is 2.86. The van der Waals surface area contributed by atoms with E-state index in [0.29, 0.717) is 6.42 Å². The van der Waals surface area contributed by atoms with E-state index in [1.165, 1.54) is 7.11 Å². The summed E-state index contributed by atoms with van der Waals surface area (Å²) in [6.45, 7) is 7.84. The van der Waals surface area contributed by atoms with E-state index < -0.39 is 5.41 Å². The largest absolute Gasteiger partial charge is 0.496 e. The van der Waals surface area contributed by atoms with E-state index in [0.717, 1.165) is 22.4 Å². The first-order valence-electron chi connectivity index (χ1n) is 6.04. The molecule has 0 aliphatic heterocycles. The van der Waals surface area contributed by atoms with Crippen LogP contribution in [-0.4, -0.2) is 20.2 Å². The van der Waals surface area contributed by atoms with Crippen molar-refractivity contribution in [3.8, 4) is 5.75 Å². The fourth-order valence-electron chi connectivity index (χ4n) is 2.08. The molecule has 0 atom stereocenters. The summed E-state index contributed by atoms with van der Waals surface area (Å²) >= 11 is 0. The Hall–Kier alpha value is -1.51. The highest BCUT2D eigenvalue weighted by Gasteiger charge is 2.29. The van der Waals surface area contributed by atoms with Gasteiger partial charge >= 0.3 is 5.97 Å². The van der Waals surface area contributed by atoms with Crippen LogP contribution in [0.25, 0.3) is 0 Å². The van der Waals surface area contributed by atoms with Crippen molar-refractivity contribution in [1.82, 2.24) is 0 Å². The molecule has 100 valence electrons. The molecular formula is C15H22O3. The van der Waals surface area contributed by atoms with E-state index >= 15 is 0 Å². The Balaban J connectivity index is 3.05. The van der Waals surface area contributed by atoms with Crippen molar-refractivity contribution in [3.05, 3.63) is 28.8 Å². The number of benzene rings is 1. The van der Waals surface area contributed by atoms with Crippen LogP contribution in [0.1, 0.15) is 30.5 Å². The average Bonchev–Trinajstić information content (AvgIpc) is 2.31. The number of ether oxygens (including phenoxy) is 2. The summed E-state index contributed by atoms with van der Waals surface area (Å²) in [5.74, 6) is 0.697. The number of hydrogen-bond acceptors (Lipinski definition) is 3. The highest BCUT2D eigenvalue weighted by Crippen LogP contribution is 2.29. The number of methoxy groups -OCH3 is 2. The van der Waals surface area contributed by atoms with Crippen LogP contribution in [0.3, 0.4) is 0 Å². The summed E-state index contributed by atoms with van der Waals surface area (Å²) < 4.78 is 10.1. The van der Waals surface area contributed by atoms with E-state index in [-0.39, 0.29) is 5.97 Å². The Labute approximate surface area is 109 Å². The van der Waals surface area contributed by atoms with E-state index in [2.05, 4.69) is 6.07 Å². The van der Waals surface area contributed by atoms with Gasteiger partial charge in [-0.15, -0.1) is 0 Å². The van der Waals surface area contributed by atoms with Gasteiger partial charge in [-0.1, -0.05) is 6.07 Å². The highest BCUT2D eigenvalue weighted by atomic mass is 16.5. The first-order valence-corrected chi connectivity index (χ1v) is 6.04. The molecule has 0 heterocycles. The maximum absolute atomic E-state index is 11.7. The predicted molar refractivity (Wildman–Crippen MR) is 72.0 cm³/mol. The number of hydrogen-bond donors (Lipinski definition) is 0. The first-order chi connectivity index (χ1) is 8.31. The molecule has 0 fully saturated rings. The number of carbonyl (C=O) groups excluding carboxylic acids is 1. The first kappa shape index (κ1) is 14.6. The molecule has 0 spiro atoms. The topological polar surface area (TPSA) is 35.5 Å². The summed E-state index contributed by atoms with van der Waals surface area (Å²) in [7, 11) is 3.09. The molecular weight excluding hydrogens is 228 g/mol. The van der Waals surface area contributed by atoms with Gasteiger partial charge in [-0.05, 0) is 56.9 Å². The van der Waals surface area contributed by atoms with Crippen LogP contribution in [-0.2, 0) is 16.0 Å². The monoisotopic (exact) mass is 250 g/mol. The summed E-state index contributed by atoms with van der Waals surface area (Å²) in [6.07, 6.45) is 0.663. The predicted octanol–water partition coefficient (Wildman–Crippen LogP) is 3.05. The van der Waals surface area contributed by atoms with E-state index in [1.54, 1.807) is 7.11 Å². The summed E-state index contributed by atoms with van der Waals surface area (Å²) in [4.78, 5) is 11.7. The molecule has 1 aromatic rings. The standard InChI is InChI=1S/C15H22O3/c1-10-8-13(17-5)11(2)7-12(10)9-15(3,4)14(16)18-6/h7-8H,9H2,1-6H3. The van der Waals surface area contributed by atoms with Gasteiger partial charge in [0.15, 0.2) is 0 Å². The summed E-state index contributed by atoms with van der Waals surface area (Å²) in [6, 6.07) is 4.09. The maximum Gasteiger partial charge on any atom is 0.311 e. The minimum absolute atomic E-state index is 0.185. The number of aryl methyl sites for hydroxylation is 2. The minimum atomic E-state index is -0.513. The van der Waals surface area contributed by atoms with E-state index in [1.807, 2.05) is 33.8 Å². The Bertz CT molecular complexity index is 447. The zero-order chi connectivity index (χ0) is 13.9. The third-order valence-electron chi connectivity index (χ3n) is 3.22. The summed E-state index contributed by atoms with van der Waals surface area (Å²) in [5, 5.41) is 0. The third-order valence-corrected chi connectivity index (χ3v) is 3.22. The Kier molecular flexibility index (Phi) is 4.38. The molecule has 0 aromatic heterocycles. The third kappa shape index (κ3) is 3.03. The molecule has 0 saturated heterocycles. The second-order valence-electron chi connectivity index (χ2n) is 5.30. The van der Waals surface area contributed by atoms with Crippen molar-refractivity contribution < 1.29 is 14.3 Å². The fourth-order valence-corrected chi connectivity index (χ4v) is 2.08. The molecule has 3 nitrogen and oxygen atoms in total. The van der Waals surface area contributed by atoms with Crippen molar-refractivity contribution in [2.24, 2.45) is 5.41 Å². The van der Waals surface area contributed by atoms with Gasteiger partial charge in [-0.3, -0.25) is 4.79 Å². The smallest absolute Gasteiger partial charge is 0.311 e. The zero-order valence-corrected chi connectivity index (χ0v) is 12.1. The molecule has 0 radical (unpaired) electrons. The van der Waals surface area contributed by atoms with Crippen molar-refractivity contribution in [1.29, 1.82) is 0 Å².